The molecule has 0 aromatic carbocycles. The summed E-state index contributed by atoms with van der Waals surface area (Å²) in [6, 6.07) is 0.585. The van der Waals surface area contributed by atoms with Gasteiger partial charge in [0.1, 0.15) is 5.01 Å². The molecule has 3 nitrogen and oxygen atoms in total. The first-order valence-corrected chi connectivity index (χ1v) is 5.94. The molecule has 4 heteroatoms. The minimum absolute atomic E-state index is 0.249. The van der Waals surface area contributed by atoms with Gasteiger partial charge in [-0.2, -0.15) is 0 Å². The molecule has 1 aliphatic rings. The average Bonchev–Trinajstić information content (AvgIpc) is 2.51. The maximum absolute atomic E-state index is 6.14. The lowest BCUT2D eigenvalue weighted by Gasteiger charge is -2.35. The van der Waals surface area contributed by atoms with Crippen molar-refractivity contribution in [3.63, 3.8) is 0 Å². The quantitative estimate of drug-likeness (QED) is 0.766. The summed E-state index contributed by atoms with van der Waals surface area (Å²) in [5.74, 6) is 0. The molecular formula is C10H17N3S. The predicted molar refractivity (Wildman–Crippen MR) is 59.4 cm³/mol. The zero-order chi connectivity index (χ0) is 10.1. The Morgan fingerprint density at radius 3 is 3.00 bits per heavy atom. The number of rotatable bonds is 1. The van der Waals surface area contributed by atoms with Crippen LogP contribution in [-0.4, -0.2) is 29.5 Å². The number of aromatic nitrogens is 1. The van der Waals surface area contributed by atoms with Crippen LogP contribution < -0.4 is 5.73 Å². The second-order valence-corrected chi connectivity index (χ2v) is 4.95. The molecule has 1 saturated heterocycles. The first-order valence-electron chi connectivity index (χ1n) is 5.06. The minimum atomic E-state index is 0.249. The highest BCUT2D eigenvalue weighted by Crippen LogP contribution is 2.30. The van der Waals surface area contributed by atoms with E-state index in [1.807, 2.05) is 6.92 Å². The monoisotopic (exact) mass is 211 g/mol. The van der Waals surface area contributed by atoms with E-state index in [1.54, 1.807) is 11.3 Å². The Balaban J connectivity index is 2.22. The Hall–Kier alpha value is -0.450. The molecule has 0 spiro atoms. The van der Waals surface area contributed by atoms with Crippen LogP contribution in [0.25, 0.3) is 0 Å². The summed E-state index contributed by atoms with van der Waals surface area (Å²) in [4.78, 5) is 6.86. The molecule has 2 rings (SSSR count). The van der Waals surface area contributed by atoms with E-state index in [9.17, 15) is 0 Å². The zero-order valence-corrected chi connectivity index (χ0v) is 9.55. The average molecular weight is 211 g/mol. The van der Waals surface area contributed by atoms with Gasteiger partial charge < -0.3 is 5.73 Å². The summed E-state index contributed by atoms with van der Waals surface area (Å²) in [6.07, 6.45) is 2.33. The summed E-state index contributed by atoms with van der Waals surface area (Å²) in [7, 11) is 2.14. The third-order valence-corrected chi connectivity index (χ3v) is 3.85. The fraction of sp³-hybridized carbons (Fsp3) is 0.700. The largest absolute Gasteiger partial charge is 0.326 e. The molecule has 1 aromatic heterocycles. The van der Waals surface area contributed by atoms with E-state index in [-0.39, 0.29) is 6.04 Å². The second-order valence-electron chi connectivity index (χ2n) is 4.06. The number of hydrogen-bond donors (Lipinski definition) is 1. The molecule has 1 aromatic rings. The highest BCUT2D eigenvalue weighted by Gasteiger charge is 2.29. The fourth-order valence-electron chi connectivity index (χ4n) is 2.08. The summed E-state index contributed by atoms with van der Waals surface area (Å²) in [6.45, 7) is 3.17. The molecule has 0 saturated carbocycles. The van der Waals surface area contributed by atoms with Crippen molar-refractivity contribution in [1.29, 1.82) is 0 Å². The van der Waals surface area contributed by atoms with Gasteiger partial charge in [-0.15, -0.1) is 11.3 Å². The van der Waals surface area contributed by atoms with Gasteiger partial charge in [0.05, 0.1) is 6.04 Å². The molecule has 14 heavy (non-hydrogen) atoms. The number of hydrogen-bond acceptors (Lipinski definition) is 4. The van der Waals surface area contributed by atoms with E-state index >= 15 is 0 Å². The number of likely N-dealkylation sites (N-methyl/N-ethyl adjacent to an activating group) is 1. The van der Waals surface area contributed by atoms with Crippen molar-refractivity contribution in [2.24, 2.45) is 5.73 Å². The van der Waals surface area contributed by atoms with E-state index in [0.717, 1.165) is 18.7 Å². The molecule has 2 heterocycles. The van der Waals surface area contributed by atoms with E-state index in [4.69, 9.17) is 5.73 Å². The molecule has 2 N–H and O–H groups in total. The van der Waals surface area contributed by atoms with Crippen molar-refractivity contribution in [2.75, 3.05) is 13.6 Å². The molecule has 2 unspecified atom stereocenters. The van der Waals surface area contributed by atoms with Gasteiger partial charge >= 0.3 is 0 Å². The van der Waals surface area contributed by atoms with E-state index < -0.39 is 0 Å². The van der Waals surface area contributed by atoms with Gasteiger partial charge in [-0.05, 0) is 33.4 Å². The Kier molecular flexibility index (Phi) is 2.85. The second kappa shape index (κ2) is 3.96. The van der Waals surface area contributed by atoms with Crippen LogP contribution in [0.1, 0.15) is 29.6 Å². The Labute approximate surface area is 88.9 Å². The van der Waals surface area contributed by atoms with Crippen molar-refractivity contribution in [1.82, 2.24) is 9.88 Å². The maximum atomic E-state index is 6.14. The Morgan fingerprint density at radius 1 is 1.64 bits per heavy atom. The van der Waals surface area contributed by atoms with Gasteiger partial charge in [-0.1, -0.05) is 0 Å². The lowest BCUT2D eigenvalue weighted by atomic mass is 9.98. The third kappa shape index (κ3) is 1.82. The van der Waals surface area contributed by atoms with E-state index in [0.29, 0.717) is 6.04 Å². The zero-order valence-electron chi connectivity index (χ0n) is 8.73. The topological polar surface area (TPSA) is 42.1 Å². The highest BCUT2D eigenvalue weighted by atomic mass is 32.1. The van der Waals surface area contributed by atoms with Crippen molar-refractivity contribution in [3.05, 3.63) is 16.1 Å². The summed E-state index contributed by atoms with van der Waals surface area (Å²) < 4.78 is 0. The highest BCUT2D eigenvalue weighted by molar-refractivity contribution is 7.09. The van der Waals surface area contributed by atoms with Gasteiger partial charge in [-0.25, -0.2) is 4.98 Å². The van der Waals surface area contributed by atoms with Crippen LogP contribution in [0.4, 0.5) is 0 Å². The molecule has 1 fully saturated rings. The molecule has 0 amide bonds. The van der Waals surface area contributed by atoms with Crippen molar-refractivity contribution in [2.45, 2.75) is 31.8 Å². The number of aryl methyl sites for hydroxylation is 1. The van der Waals surface area contributed by atoms with Crippen LogP contribution >= 0.6 is 11.3 Å². The van der Waals surface area contributed by atoms with Crippen LogP contribution in [0, 0.1) is 6.92 Å². The van der Waals surface area contributed by atoms with Gasteiger partial charge in [0.2, 0.25) is 0 Å². The predicted octanol–water partition coefficient (Wildman–Crippen LogP) is 1.55. The Bertz CT molecular complexity index is 300. The summed E-state index contributed by atoms with van der Waals surface area (Å²) in [5.41, 5.74) is 7.24. The third-order valence-electron chi connectivity index (χ3n) is 2.82. The molecular weight excluding hydrogens is 194 g/mol. The molecule has 1 aliphatic heterocycles. The van der Waals surface area contributed by atoms with E-state index in [1.165, 1.54) is 11.4 Å². The van der Waals surface area contributed by atoms with Crippen LogP contribution in [0.2, 0.25) is 0 Å². The number of nitrogens with two attached hydrogens (primary N) is 1. The van der Waals surface area contributed by atoms with Gasteiger partial charge in [0.25, 0.3) is 0 Å². The van der Waals surface area contributed by atoms with Crippen molar-refractivity contribution >= 4 is 11.3 Å². The SMILES string of the molecule is Cc1csc(C2C(N)CCCN2C)n1. The van der Waals surface area contributed by atoms with Crippen LogP contribution in [0.3, 0.4) is 0 Å². The molecule has 0 bridgehead atoms. The lowest BCUT2D eigenvalue weighted by Crippen LogP contribution is -2.43. The normalized spacial score (nSPS) is 29.4. The number of likely N-dealkylation sites (tertiary alicyclic amines) is 1. The van der Waals surface area contributed by atoms with Crippen LogP contribution in [0.5, 0.6) is 0 Å². The first kappa shape index (κ1) is 10.1. The number of piperidine rings is 1. The maximum Gasteiger partial charge on any atom is 0.112 e. The van der Waals surface area contributed by atoms with Gasteiger partial charge in [-0.3, -0.25) is 4.90 Å². The summed E-state index contributed by atoms with van der Waals surface area (Å²) >= 11 is 1.73. The van der Waals surface area contributed by atoms with E-state index in [2.05, 4.69) is 22.3 Å². The van der Waals surface area contributed by atoms with Crippen molar-refractivity contribution < 1.29 is 0 Å². The first-order chi connectivity index (χ1) is 6.68. The smallest absolute Gasteiger partial charge is 0.112 e. The molecule has 0 radical (unpaired) electrons. The molecule has 78 valence electrons. The Morgan fingerprint density at radius 2 is 2.43 bits per heavy atom. The van der Waals surface area contributed by atoms with Crippen molar-refractivity contribution in [3.8, 4) is 0 Å². The fourth-order valence-corrected chi connectivity index (χ4v) is 3.11. The lowest BCUT2D eigenvalue weighted by molar-refractivity contribution is 0.162. The van der Waals surface area contributed by atoms with Crippen LogP contribution in [-0.2, 0) is 0 Å². The number of thiazole rings is 1. The summed E-state index contributed by atoms with van der Waals surface area (Å²) in [5, 5.41) is 3.28. The van der Waals surface area contributed by atoms with Gasteiger partial charge in [0, 0.05) is 17.1 Å². The van der Waals surface area contributed by atoms with Gasteiger partial charge in [0.15, 0.2) is 0 Å². The molecule has 0 aliphatic carbocycles. The number of nitrogens with zero attached hydrogens (tertiary/aromatic N) is 2. The standard InChI is InChI=1S/C10H17N3S/c1-7-6-14-10(12-7)9-8(11)4-3-5-13(9)2/h6,8-9H,3-5,11H2,1-2H3. The van der Waals surface area contributed by atoms with Crippen LogP contribution in [0.15, 0.2) is 5.38 Å². The minimum Gasteiger partial charge on any atom is -0.326 e. The molecule has 2 atom stereocenters.